The lowest BCUT2D eigenvalue weighted by Gasteiger charge is -2.41. The molecule has 4 nitrogen and oxygen atoms in total. The van der Waals surface area contributed by atoms with E-state index in [-0.39, 0.29) is 5.97 Å². The molecule has 1 N–H and O–H groups in total. The van der Waals surface area contributed by atoms with Crippen molar-refractivity contribution in [1.82, 2.24) is 4.98 Å². The minimum atomic E-state index is -0.333. The highest BCUT2D eigenvalue weighted by atomic mass is 32.1. The number of hydrogen-bond donors (Lipinski definition) is 1. The Morgan fingerprint density at radius 2 is 2.33 bits per heavy atom. The third-order valence-corrected chi connectivity index (χ3v) is 4.61. The van der Waals surface area contributed by atoms with Crippen LogP contribution in [0.1, 0.15) is 50.0 Å². The second-order valence-corrected chi connectivity index (χ2v) is 5.67. The average Bonchev–Trinajstić information content (AvgIpc) is 2.77. The molecule has 1 aromatic rings. The Morgan fingerprint density at radius 3 is 2.89 bits per heavy atom. The van der Waals surface area contributed by atoms with E-state index in [0.717, 1.165) is 11.5 Å². The Bertz CT molecular complexity index is 407. The Morgan fingerprint density at radius 1 is 1.56 bits per heavy atom. The van der Waals surface area contributed by atoms with Crippen LogP contribution in [0.25, 0.3) is 0 Å². The second-order valence-electron chi connectivity index (χ2n) is 4.81. The molecule has 1 saturated carbocycles. The van der Waals surface area contributed by atoms with E-state index in [0.29, 0.717) is 17.7 Å². The first kappa shape index (κ1) is 13.3. The molecule has 1 aliphatic carbocycles. The van der Waals surface area contributed by atoms with Crippen LogP contribution in [0.3, 0.4) is 0 Å². The van der Waals surface area contributed by atoms with Crippen LogP contribution in [-0.4, -0.2) is 24.1 Å². The first-order chi connectivity index (χ1) is 8.71. The van der Waals surface area contributed by atoms with E-state index in [1.54, 1.807) is 12.4 Å². The van der Waals surface area contributed by atoms with Crippen LogP contribution >= 0.6 is 11.3 Å². The van der Waals surface area contributed by atoms with Crippen molar-refractivity contribution < 1.29 is 9.53 Å². The summed E-state index contributed by atoms with van der Waals surface area (Å²) < 4.78 is 4.99. The van der Waals surface area contributed by atoms with E-state index in [1.165, 1.54) is 37.0 Å². The lowest BCUT2D eigenvalue weighted by atomic mass is 9.67. The Balaban J connectivity index is 1.97. The second kappa shape index (κ2) is 5.69. The molecule has 1 aromatic heterocycles. The van der Waals surface area contributed by atoms with Crippen molar-refractivity contribution in [3.63, 3.8) is 0 Å². The quantitative estimate of drug-likeness (QED) is 0.804. The molecular formula is C13H20N2O2S. The number of esters is 1. The van der Waals surface area contributed by atoms with Crippen LogP contribution in [0.4, 0.5) is 5.00 Å². The van der Waals surface area contributed by atoms with E-state index in [9.17, 15) is 4.79 Å². The zero-order valence-electron chi connectivity index (χ0n) is 11.0. The molecule has 0 saturated heterocycles. The van der Waals surface area contributed by atoms with Gasteiger partial charge in [0.1, 0.15) is 5.00 Å². The van der Waals surface area contributed by atoms with Crippen LogP contribution in [0, 0.1) is 5.41 Å². The van der Waals surface area contributed by atoms with Crippen LogP contribution < -0.4 is 5.32 Å². The minimum Gasteiger partial charge on any atom is -0.461 e. The number of nitrogens with one attached hydrogen (secondary N) is 1. The van der Waals surface area contributed by atoms with Crippen LogP contribution in [-0.2, 0) is 4.74 Å². The van der Waals surface area contributed by atoms with Gasteiger partial charge >= 0.3 is 5.97 Å². The summed E-state index contributed by atoms with van der Waals surface area (Å²) in [5.74, 6) is -0.333. The number of carbonyl (C=O) groups excluding carboxylic acids is 1. The number of thiazole rings is 1. The summed E-state index contributed by atoms with van der Waals surface area (Å²) in [7, 11) is 0. The summed E-state index contributed by atoms with van der Waals surface area (Å²) in [6.45, 7) is 5.35. The molecular weight excluding hydrogens is 248 g/mol. The molecule has 0 aliphatic heterocycles. The summed E-state index contributed by atoms with van der Waals surface area (Å²) in [4.78, 5) is 15.8. The highest BCUT2D eigenvalue weighted by molar-refractivity contribution is 7.14. The number of aromatic nitrogens is 1. The predicted octanol–water partition coefficient (Wildman–Crippen LogP) is 3.31. The maximum atomic E-state index is 11.7. The van der Waals surface area contributed by atoms with Crippen molar-refractivity contribution in [2.45, 2.75) is 39.5 Å². The zero-order valence-corrected chi connectivity index (χ0v) is 11.8. The first-order valence-corrected chi connectivity index (χ1v) is 7.43. The van der Waals surface area contributed by atoms with E-state index in [1.807, 2.05) is 0 Å². The third kappa shape index (κ3) is 2.66. The Labute approximate surface area is 112 Å². The van der Waals surface area contributed by atoms with Crippen LogP contribution in [0.5, 0.6) is 0 Å². The van der Waals surface area contributed by atoms with Crippen molar-refractivity contribution in [2.24, 2.45) is 5.41 Å². The predicted molar refractivity (Wildman–Crippen MR) is 73.1 cm³/mol. The maximum absolute atomic E-state index is 11.7. The van der Waals surface area contributed by atoms with Gasteiger partial charge in [-0.25, -0.2) is 9.78 Å². The number of carbonyl (C=O) groups is 1. The van der Waals surface area contributed by atoms with Gasteiger partial charge in [-0.1, -0.05) is 13.3 Å². The van der Waals surface area contributed by atoms with Gasteiger partial charge in [0, 0.05) is 6.54 Å². The number of ether oxygens (including phenoxy) is 1. The molecule has 18 heavy (non-hydrogen) atoms. The van der Waals surface area contributed by atoms with Crippen molar-refractivity contribution >= 4 is 22.3 Å². The van der Waals surface area contributed by atoms with Crippen LogP contribution in [0.2, 0.25) is 0 Å². The smallest absolute Gasteiger partial charge is 0.360 e. The number of rotatable bonds is 6. The molecule has 1 aliphatic rings. The molecule has 0 unspecified atom stereocenters. The Hall–Kier alpha value is -1.10. The summed E-state index contributed by atoms with van der Waals surface area (Å²) in [6, 6.07) is 0. The minimum absolute atomic E-state index is 0.333. The van der Waals surface area contributed by atoms with Gasteiger partial charge in [0.15, 0.2) is 5.69 Å². The molecule has 0 atom stereocenters. The molecule has 0 spiro atoms. The SMILES string of the molecule is CCOC(=O)c1ncsc1NCC1(CC)CCC1. The van der Waals surface area contributed by atoms with Gasteiger partial charge in [0.05, 0.1) is 12.1 Å². The summed E-state index contributed by atoms with van der Waals surface area (Å²) in [5, 5.41) is 4.22. The van der Waals surface area contributed by atoms with E-state index in [2.05, 4.69) is 17.2 Å². The largest absolute Gasteiger partial charge is 0.461 e. The average molecular weight is 268 g/mol. The molecule has 0 amide bonds. The van der Waals surface area contributed by atoms with Gasteiger partial charge in [-0.15, -0.1) is 11.3 Å². The fraction of sp³-hybridized carbons (Fsp3) is 0.692. The number of anilines is 1. The molecule has 100 valence electrons. The van der Waals surface area contributed by atoms with Gasteiger partial charge in [-0.3, -0.25) is 0 Å². The number of nitrogens with zero attached hydrogens (tertiary/aromatic N) is 1. The van der Waals surface area contributed by atoms with E-state index in [4.69, 9.17) is 4.74 Å². The van der Waals surface area contributed by atoms with E-state index >= 15 is 0 Å². The lowest BCUT2D eigenvalue weighted by Crippen LogP contribution is -2.35. The monoisotopic (exact) mass is 268 g/mol. The van der Waals surface area contributed by atoms with Gasteiger partial charge in [0.25, 0.3) is 0 Å². The Kier molecular flexibility index (Phi) is 4.22. The van der Waals surface area contributed by atoms with Crippen LogP contribution in [0.15, 0.2) is 5.51 Å². The fourth-order valence-corrected chi connectivity index (χ4v) is 2.98. The first-order valence-electron chi connectivity index (χ1n) is 6.55. The third-order valence-electron chi connectivity index (χ3n) is 3.82. The topological polar surface area (TPSA) is 51.2 Å². The van der Waals surface area contributed by atoms with Gasteiger partial charge in [-0.2, -0.15) is 0 Å². The molecule has 5 heteroatoms. The van der Waals surface area contributed by atoms with Crippen molar-refractivity contribution in [3.8, 4) is 0 Å². The molecule has 0 bridgehead atoms. The van der Waals surface area contributed by atoms with Gasteiger partial charge in [0.2, 0.25) is 0 Å². The molecule has 0 radical (unpaired) electrons. The summed E-state index contributed by atoms with van der Waals surface area (Å²) >= 11 is 1.47. The fourth-order valence-electron chi connectivity index (χ4n) is 2.32. The highest BCUT2D eigenvalue weighted by Gasteiger charge is 2.35. The van der Waals surface area contributed by atoms with Crippen molar-refractivity contribution in [2.75, 3.05) is 18.5 Å². The maximum Gasteiger partial charge on any atom is 0.360 e. The van der Waals surface area contributed by atoms with Crippen molar-refractivity contribution in [3.05, 3.63) is 11.2 Å². The lowest BCUT2D eigenvalue weighted by molar-refractivity contribution is 0.0521. The number of hydrogen-bond acceptors (Lipinski definition) is 5. The standard InChI is InChI=1S/C13H20N2O2S/c1-3-13(6-5-7-13)8-14-11-10(15-9-18-11)12(16)17-4-2/h9,14H,3-8H2,1-2H3. The summed E-state index contributed by atoms with van der Waals surface area (Å²) in [5.41, 5.74) is 2.54. The summed E-state index contributed by atoms with van der Waals surface area (Å²) in [6.07, 6.45) is 5.07. The zero-order chi connectivity index (χ0) is 13.0. The normalized spacial score (nSPS) is 17.0. The van der Waals surface area contributed by atoms with Crippen molar-refractivity contribution in [1.29, 1.82) is 0 Å². The van der Waals surface area contributed by atoms with Gasteiger partial charge in [-0.05, 0) is 31.6 Å². The molecule has 2 rings (SSSR count). The van der Waals surface area contributed by atoms with Gasteiger partial charge < -0.3 is 10.1 Å². The van der Waals surface area contributed by atoms with E-state index < -0.39 is 0 Å². The highest BCUT2D eigenvalue weighted by Crippen LogP contribution is 2.44. The molecule has 1 heterocycles. The molecule has 0 aromatic carbocycles. The molecule has 1 fully saturated rings.